The fourth-order valence-corrected chi connectivity index (χ4v) is 3.07. The van der Waals surface area contributed by atoms with E-state index < -0.39 is 0 Å². The fourth-order valence-electron chi connectivity index (χ4n) is 3.07. The fraction of sp³-hybridized carbons (Fsp3) is 0.917. The standard InChI is InChI=1S/C12H21NO/c13-12(9-3-1-2-4-9)10-5-7-11(14)8-6-10/h9-10,12H,1-8,13H2. The van der Waals surface area contributed by atoms with Crippen LogP contribution in [-0.4, -0.2) is 11.8 Å². The summed E-state index contributed by atoms with van der Waals surface area (Å²) in [5, 5.41) is 0. The lowest BCUT2D eigenvalue weighted by atomic mass is 9.78. The first-order valence-corrected chi connectivity index (χ1v) is 6.04. The summed E-state index contributed by atoms with van der Waals surface area (Å²) in [4.78, 5) is 11.1. The van der Waals surface area contributed by atoms with Crippen molar-refractivity contribution in [1.82, 2.24) is 0 Å². The van der Waals surface area contributed by atoms with Gasteiger partial charge in [-0.05, 0) is 37.5 Å². The Balaban J connectivity index is 1.84. The lowest BCUT2D eigenvalue weighted by Crippen LogP contribution is -2.38. The van der Waals surface area contributed by atoms with E-state index in [0.717, 1.165) is 31.6 Å². The van der Waals surface area contributed by atoms with Gasteiger partial charge in [0.15, 0.2) is 0 Å². The third kappa shape index (κ3) is 2.17. The summed E-state index contributed by atoms with van der Waals surface area (Å²) in [7, 11) is 0. The molecule has 14 heavy (non-hydrogen) atoms. The maximum absolute atomic E-state index is 11.1. The molecule has 2 heteroatoms. The molecule has 0 aromatic rings. The van der Waals surface area contributed by atoms with Gasteiger partial charge in [0.25, 0.3) is 0 Å². The minimum atomic E-state index is 0.380. The Hall–Kier alpha value is -0.370. The number of hydrogen-bond donors (Lipinski definition) is 1. The molecule has 80 valence electrons. The van der Waals surface area contributed by atoms with Gasteiger partial charge in [-0.2, -0.15) is 0 Å². The molecule has 0 aliphatic heterocycles. The molecule has 0 bridgehead atoms. The first-order valence-electron chi connectivity index (χ1n) is 6.04. The van der Waals surface area contributed by atoms with Gasteiger partial charge in [0, 0.05) is 18.9 Å². The van der Waals surface area contributed by atoms with E-state index in [2.05, 4.69) is 0 Å². The predicted octanol–water partition coefficient (Wildman–Crippen LogP) is 2.26. The third-order valence-electron chi connectivity index (χ3n) is 4.08. The Bertz CT molecular complexity index is 198. The van der Waals surface area contributed by atoms with E-state index in [-0.39, 0.29) is 0 Å². The molecule has 0 aromatic heterocycles. The highest BCUT2D eigenvalue weighted by Gasteiger charge is 2.30. The minimum absolute atomic E-state index is 0.380. The van der Waals surface area contributed by atoms with Crippen molar-refractivity contribution in [1.29, 1.82) is 0 Å². The number of carbonyl (C=O) groups is 1. The molecule has 1 atom stereocenters. The van der Waals surface area contributed by atoms with E-state index in [9.17, 15) is 4.79 Å². The summed E-state index contributed by atoms with van der Waals surface area (Å²) in [5.74, 6) is 1.84. The monoisotopic (exact) mass is 195 g/mol. The van der Waals surface area contributed by atoms with Crippen LogP contribution in [0.1, 0.15) is 51.4 Å². The average molecular weight is 195 g/mol. The van der Waals surface area contributed by atoms with Crippen LogP contribution >= 0.6 is 0 Å². The highest BCUT2D eigenvalue weighted by Crippen LogP contribution is 2.34. The first-order chi connectivity index (χ1) is 6.77. The van der Waals surface area contributed by atoms with Gasteiger partial charge in [-0.25, -0.2) is 0 Å². The zero-order valence-corrected chi connectivity index (χ0v) is 8.87. The summed E-state index contributed by atoms with van der Waals surface area (Å²) in [6.45, 7) is 0. The maximum atomic E-state index is 11.1. The van der Waals surface area contributed by atoms with Gasteiger partial charge in [-0.1, -0.05) is 12.8 Å². The Morgan fingerprint density at radius 3 is 2.07 bits per heavy atom. The SMILES string of the molecule is NC(C1CCCC1)C1CCC(=O)CC1. The predicted molar refractivity (Wildman–Crippen MR) is 56.9 cm³/mol. The normalized spacial score (nSPS) is 28.2. The Kier molecular flexibility index (Phi) is 3.22. The van der Waals surface area contributed by atoms with Crippen LogP contribution in [0.2, 0.25) is 0 Å². The van der Waals surface area contributed by atoms with Gasteiger partial charge < -0.3 is 5.73 Å². The molecule has 2 N–H and O–H groups in total. The van der Waals surface area contributed by atoms with Gasteiger partial charge >= 0.3 is 0 Å². The molecule has 2 fully saturated rings. The Labute approximate surface area is 86.2 Å². The van der Waals surface area contributed by atoms with Crippen molar-refractivity contribution in [2.24, 2.45) is 17.6 Å². The maximum Gasteiger partial charge on any atom is 0.132 e. The highest BCUT2D eigenvalue weighted by molar-refractivity contribution is 5.79. The minimum Gasteiger partial charge on any atom is -0.327 e. The van der Waals surface area contributed by atoms with Gasteiger partial charge in [0.1, 0.15) is 5.78 Å². The summed E-state index contributed by atoms with van der Waals surface area (Å²) in [6.07, 6.45) is 9.05. The molecule has 0 saturated heterocycles. The topological polar surface area (TPSA) is 43.1 Å². The molecule has 0 heterocycles. The smallest absolute Gasteiger partial charge is 0.132 e. The van der Waals surface area contributed by atoms with Crippen LogP contribution in [0, 0.1) is 11.8 Å². The van der Waals surface area contributed by atoms with Gasteiger partial charge in [0.2, 0.25) is 0 Å². The quantitative estimate of drug-likeness (QED) is 0.734. The second kappa shape index (κ2) is 4.43. The van der Waals surface area contributed by atoms with Gasteiger partial charge in [-0.15, -0.1) is 0 Å². The van der Waals surface area contributed by atoms with Crippen LogP contribution in [0.15, 0.2) is 0 Å². The summed E-state index contributed by atoms with van der Waals surface area (Å²) < 4.78 is 0. The lowest BCUT2D eigenvalue weighted by Gasteiger charge is -2.30. The van der Waals surface area contributed by atoms with Crippen molar-refractivity contribution in [2.45, 2.75) is 57.4 Å². The van der Waals surface area contributed by atoms with E-state index in [1.54, 1.807) is 0 Å². The third-order valence-corrected chi connectivity index (χ3v) is 4.08. The van der Waals surface area contributed by atoms with Crippen LogP contribution in [0.4, 0.5) is 0 Å². The molecule has 0 amide bonds. The Morgan fingerprint density at radius 1 is 1.00 bits per heavy atom. The van der Waals surface area contributed by atoms with Crippen molar-refractivity contribution < 1.29 is 4.79 Å². The average Bonchev–Trinajstić information content (AvgIpc) is 2.71. The van der Waals surface area contributed by atoms with Crippen molar-refractivity contribution >= 4 is 5.78 Å². The van der Waals surface area contributed by atoms with Gasteiger partial charge in [-0.3, -0.25) is 4.79 Å². The summed E-state index contributed by atoms with van der Waals surface area (Å²) >= 11 is 0. The number of carbonyl (C=O) groups excluding carboxylic acids is 1. The van der Waals surface area contributed by atoms with E-state index in [1.807, 2.05) is 0 Å². The van der Waals surface area contributed by atoms with E-state index in [1.165, 1.54) is 25.7 Å². The van der Waals surface area contributed by atoms with Crippen LogP contribution in [0.5, 0.6) is 0 Å². The zero-order chi connectivity index (χ0) is 9.97. The number of rotatable bonds is 2. The Morgan fingerprint density at radius 2 is 1.50 bits per heavy atom. The number of nitrogens with two attached hydrogens (primary N) is 1. The zero-order valence-electron chi connectivity index (χ0n) is 8.87. The van der Waals surface area contributed by atoms with Crippen molar-refractivity contribution in [2.75, 3.05) is 0 Å². The summed E-state index contributed by atoms with van der Waals surface area (Å²) in [5.41, 5.74) is 6.29. The molecule has 0 spiro atoms. The molecule has 2 aliphatic carbocycles. The molecule has 2 aliphatic rings. The first kappa shape index (κ1) is 10.2. The van der Waals surface area contributed by atoms with Crippen LogP contribution in [0.25, 0.3) is 0 Å². The number of Topliss-reactive ketones (excluding diaryl/α,β-unsaturated/α-hetero) is 1. The van der Waals surface area contributed by atoms with E-state index >= 15 is 0 Å². The highest BCUT2D eigenvalue weighted by atomic mass is 16.1. The number of ketones is 1. The molecule has 2 nitrogen and oxygen atoms in total. The van der Waals surface area contributed by atoms with Crippen LogP contribution in [-0.2, 0) is 4.79 Å². The second-order valence-electron chi connectivity index (χ2n) is 5.00. The van der Waals surface area contributed by atoms with Gasteiger partial charge in [0.05, 0.1) is 0 Å². The molecule has 2 rings (SSSR count). The molecule has 0 radical (unpaired) electrons. The molecule has 1 unspecified atom stereocenters. The van der Waals surface area contributed by atoms with E-state index in [4.69, 9.17) is 5.73 Å². The van der Waals surface area contributed by atoms with Crippen molar-refractivity contribution in [3.63, 3.8) is 0 Å². The largest absolute Gasteiger partial charge is 0.327 e. The number of hydrogen-bond acceptors (Lipinski definition) is 2. The van der Waals surface area contributed by atoms with Crippen LogP contribution < -0.4 is 5.73 Å². The molecular formula is C12H21NO. The second-order valence-corrected chi connectivity index (χ2v) is 5.00. The van der Waals surface area contributed by atoms with Crippen molar-refractivity contribution in [3.8, 4) is 0 Å². The molecule has 0 aromatic carbocycles. The lowest BCUT2D eigenvalue weighted by molar-refractivity contribution is -0.121. The van der Waals surface area contributed by atoms with E-state index in [0.29, 0.717) is 17.7 Å². The summed E-state index contributed by atoms with van der Waals surface area (Å²) in [6, 6.07) is 0.380. The molecule has 2 saturated carbocycles. The molecular weight excluding hydrogens is 174 g/mol. The van der Waals surface area contributed by atoms with Crippen molar-refractivity contribution in [3.05, 3.63) is 0 Å². The van der Waals surface area contributed by atoms with Crippen LogP contribution in [0.3, 0.4) is 0 Å².